The molecule has 0 aromatic heterocycles. The van der Waals surface area contributed by atoms with Crippen molar-refractivity contribution in [2.45, 2.75) is 51.2 Å². The van der Waals surface area contributed by atoms with Crippen LogP contribution in [0.1, 0.15) is 43.2 Å². The van der Waals surface area contributed by atoms with Crippen LogP contribution in [0, 0.1) is 6.92 Å². The van der Waals surface area contributed by atoms with Crippen LogP contribution in [0.2, 0.25) is 0 Å². The van der Waals surface area contributed by atoms with Crippen LogP contribution in [0.15, 0.2) is 24.3 Å². The lowest BCUT2D eigenvalue weighted by Gasteiger charge is -2.23. The summed E-state index contributed by atoms with van der Waals surface area (Å²) in [5, 5.41) is 3.66. The number of nitrogens with one attached hydrogen (secondary N) is 1. The molecule has 1 N–H and O–H groups in total. The Morgan fingerprint density at radius 1 is 1.33 bits per heavy atom. The van der Waals surface area contributed by atoms with Gasteiger partial charge in [-0.15, -0.1) is 0 Å². The molecule has 0 aliphatic heterocycles. The highest BCUT2D eigenvalue weighted by Gasteiger charge is 2.23. The van der Waals surface area contributed by atoms with Gasteiger partial charge in [0, 0.05) is 19.7 Å². The van der Waals surface area contributed by atoms with E-state index in [9.17, 15) is 0 Å². The number of ether oxygens (including phenoxy) is 1. The smallest absolute Gasteiger partial charge is 0.0549 e. The normalized spacial score (nSPS) is 18.6. The standard InChI is InChI=1S/C16H25NO/c1-12-6-4-5-7-16(12)14(10-13(2)18-3)11-17-15-8-9-15/h4-7,13-15,17H,8-11H2,1-3H3. The molecule has 2 heteroatoms. The highest BCUT2D eigenvalue weighted by Crippen LogP contribution is 2.26. The van der Waals surface area contributed by atoms with Gasteiger partial charge in [-0.2, -0.15) is 0 Å². The van der Waals surface area contributed by atoms with Gasteiger partial charge in [-0.25, -0.2) is 0 Å². The molecule has 100 valence electrons. The van der Waals surface area contributed by atoms with Crippen molar-refractivity contribution in [3.63, 3.8) is 0 Å². The molecule has 1 saturated carbocycles. The van der Waals surface area contributed by atoms with Crippen LogP contribution in [0.3, 0.4) is 0 Å². The summed E-state index contributed by atoms with van der Waals surface area (Å²) in [7, 11) is 1.80. The summed E-state index contributed by atoms with van der Waals surface area (Å²) in [6, 6.07) is 9.50. The van der Waals surface area contributed by atoms with E-state index >= 15 is 0 Å². The molecule has 2 atom stereocenters. The monoisotopic (exact) mass is 247 g/mol. The highest BCUT2D eigenvalue weighted by atomic mass is 16.5. The van der Waals surface area contributed by atoms with E-state index in [0.29, 0.717) is 12.0 Å². The Hall–Kier alpha value is -0.860. The molecule has 0 spiro atoms. The van der Waals surface area contributed by atoms with Crippen LogP contribution >= 0.6 is 0 Å². The van der Waals surface area contributed by atoms with Crippen molar-refractivity contribution in [1.29, 1.82) is 0 Å². The summed E-state index contributed by atoms with van der Waals surface area (Å²) in [6.07, 6.45) is 4.09. The summed E-state index contributed by atoms with van der Waals surface area (Å²) < 4.78 is 5.44. The first-order valence-electron chi connectivity index (χ1n) is 7.02. The van der Waals surface area contributed by atoms with Crippen LogP contribution in [-0.4, -0.2) is 25.8 Å². The van der Waals surface area contributed by atoms with Crippen molar-refractivity contribution >= 4 is 0 Å². The zero-order valence-electron chi connectivity index (χ0n) is 11.8. The van der Waals surface area contributed by atoms with Crippen molar-refractivity contribution in [3.05, 3.63) is 35.4 Å². The van der Waals surface area contributed by atoms with Crippen LogP contribution in [0.5, 0.6) is 0 Å². The van der Waals surface area contributed by atoms with Gasteiger partial charge in [0.25, 0.3) is 0 Å². The van der Waals surface area contributed by atoms with Gasteiger partial charge in [0.05, 0.1) is 6.10 Å². The summed E-state index contributed by atoms with van der Waals surface area (Å²) in [5.41, 5.74) is 2.86. The molecule has 1 aromatic carbocycles. The molecule has 2 rings (SSSR count). The Kier molecular flexibility index (Phi) is 4.79. The highest BCUT2D eigenvalue weighted by molar-refractivity contribution is 5.29. The van der Waals surface area contributed by atoms with Gasteiger partial charge in [-0.3, -0.25) is 0 Å². The molecule has 0 amide bonds. The Morgan fingerprint density at radius 3 is 2.67 bits per heavy atom. The zero-order chi connectivity index (χ0) is 13.0. The number of benzene rings is 1. The number of hydrogen-bond donors (Lipinski definition) is 1. The Bertz CT molecular complexity index is 373. The maximum atomic E-state index is 5.44. The summed E-state index contributed by atoms with van der Waals surface area (Å²) in [5.74, 6) is 0.557. The largest absolute Gasteiger partial charge is 0.382 e. The van der Waals surface area contributed by atoms with Gasteiger partial charge in [-0.1, -0.05) is 24.3 Å². The fourth-order valence-electron chi connectivity index (χ4n) is 2.46. The number of aryl methyl sites for hydroxylation is 1. The molecule has 1 aliphatic rings. The molecule has 1 aromatic rings. The first kappa shape index (κ1) is 13.6. The topological polar surface area (TPSA) is 21.3 Å². The van der Waals surface area contributed by atoms with Crippen molar-refractivity contribution in [2.75, 3.05) is 13.7 Å². The predicted molar refractivity (Wildman–Crippen MR) is 76.0 cm³/mol. The quantitative estimate of drug-likeness (QED) is 0.798. The average molecular weight is 247 g/mol. The Labute approximate surface area is 111 Å². The molecule has 18 heavy (non-hydrogen) atoms. The van der Waals surface area contributed by atoms with E-state index in [1.165, 1.54) is 24.0 Å². The summed E-state index contributed by atoms with van der Waals surface area (Å²) in [4.78, 5) is 0. The Balaban J connectivity index is 2.04. The lowest BCUT2D eigenvalue weighted by atomic mass is 9.90. The third-order valence-corrected chi connectivity index (χ3v) is 3.88. The van der Waals surface area contributed by atoms with E-state index in [1.807, 2.05) is 0 Å². The number of hydrogen-bond acceptors (Lipinski definition) is 2. The molecule has 0 heterocycles. The summed E-state index contributed by atoms with van der Waals surface area (Å²) >= 11 is 0. The molecular formula is C16H25NO. The zero-order valence-corrected chi connectivity index (χ0v) is 11.8. The number of methoxy groups -OCH3 is 1. The maximum Gasteiger partial charge on any atom is 0.0549 e. The minimum atomic E-state index is 0.315. The Morgan fingerprint density at radius 2 is 2.06 bits per heavy atom. The minimum Gasteiger partial charge on any atom is -0.382 e. The lowest BCUT2D eigenvalue weighted by molar-refractivity contribution is 0.104. The second-order valence-electron chi connectivity index (χ2n) is 5.52. The van der Waals surface area contributed by atoms with Crippen molar-refractivity contribution in [3.8, 4) is 0 Å². The van der Waals surface area contributed by atoms with E-state index in [1.54, 1.807) is 7.11 Å². The molecule has 0 saturated heterocycles. The van der Waals surface area contributed by atoms with Crippen LogP contribution in [-0.2, 0) is 4.74 Å². The third kappa shape index (κ3) is 3.82. The SMILES string of the molecule is COC(C)CC(CNC1CC1)c1ccccc1C. The third-order valence-electron chi connectivity index (χ3n) is 3.88. The van der Waals surface area contributed by atoms with Crippen LogP contribution < -0.4 is 5.32 Å². The minimum absolute atomic E-state index is 0.315. The fraction of sp³-hybridized carbons (Fsp3) is 0.625. The molecule has 1 fully saturated rings. The van der Waals surface area contributed by atoms with Gasteiger partial charge < -0.3 is 10.1 Å². The molecule has 2 unspecified atom stereocenters. The first-order valence-corrected chi connectivity index (χ1v) is 7.02. The van der Waals surface area contributed by atoms with Gasteiger partial charge in [-0.05, 0) is 50.2 Å². The number of rotatable bonds is 7. The van der Waals surface area contributed by atoms with Crippen LogP contribution in [0.4, 0.5) is 0 Å². The fourth-order valence-corrected chi connectivity index (χ4v) is 2.46. The van der Waals surface area contributed by atoms with Gasteiger partial charge in [0.1, 0.15) is 0 Å². The second-order valence-corrected chi connectivity index (χ2v) is 5.52. The lowest BCUT2D eigenvalue weighted by Crippen LogP contribution is -2.26. The second kappa shape index (κ2) is 6.35. The molecule has 2 nitrogen and oxygen atoms in total. The van der Waals surface area contributed by atoms with Gasteiger partial charge in [0.2, 0.25) is 0 Å². The molecule has 1 aliphatic carbocycles. The molecule has 0 radical (unpaired) electrons. The van der Waals surface area contributed by atoms with Gasteiger partial charge in [0.15, 0.2) is 0 Å². The maximum absolute atomic E-state index is 5.44. The predicted octanol–water partition coefficient (Wildman–Crippen LogP) is 3.26. The molecule has 0 bridgehead atoms. The van der Waals surface area contributed by atoms with Gasteiger partial charge >= 0.3 is 0 Å². The van der Waals surface area contributed by atoms with E-state index in [-0.39, 0.29) is 0 Å². The summed E-state index contributed by atoms with van der Waals surface area (Å²) in [6.45, 7) is 5.43. The van der Waals surface area contributed by atoms with E-state index < -0.39 is 0 Å². The van der Waals surface area contributed by atoms with Crippen molar-refractivity contribution < 1.29 is 4.74 Å². The van der Waals surface area contributed by atoms with Crippen molar-refractivity contribution in [1.82, 2.24) is 5.32 Å². The molecular weight excluding hydrogens is 222 g/mol. The average Bonchev–Trinajstić information content (AvgIpc) is 3.19. The van der Waals surface area contributed by atoms with E-state index in [4.69, 9.17) is 4.74 Å². The van der Waals surface area contributed by atoms with E-state index in [0.717, 1.165) is 19.0 Å². The first-order chi connectivity index (χ1) is 8.70. The van der Waals surface area contributed by atoms with Crippen molar-refractivity contribution in [2.24, 2.45) is 0 Å². The van der Waals surface area contributed by atoms with Crippen LogP contribution in [0.25, 0.3) is 0 Å². The van der Waals surface area contributed by atoms with E-state index in [2.05, 4.69) is 43.4 Å².